The number of aliphatic hydroxyl groups is 1. The smallest absolute Gasteiger partial charge is 0.279 e. The van der Waals surface area contributed by atoms with Crippen LogP contribution in [0.2, 0.25) is 0 Å². The van der Waals surface area contributed by atoms with Crippen molar-refractivity contribution in [2.75, 3.05) is 18.0 Å². The number of rotatable bonds is 11. The van der Waals surface area contributed by atoms with Gasteiger partial charge in [-0.15, -0.1) is 0 Å². The molecule has 44 heavy (non-hydrogen) atoms. The minimum Gasteiger partial charge on any atom is -0.367 e. The number of nitriles is 1. The highest BCUT2D eigenvalue weighted by molar-refractivity contribution is 7.17. The van der Waals surface area contributed by atoms with E-state index in [0.717, 1.165) is 56.4 Å². The maximum absolute atomic E-state index is 14.1. The van der Waals surface area contributed by atoms with E-state index in [2.05, 4.69) is 18.7 Å². The number of hydrazine groups is 1. The predicted molar refractivity (Wildman–Crippen MR) is 172 cm³/mol. The minimum atomic E-state index is -1.83. The number of carbonyl (C=O) groups excluding carboxylic acids is 3. The normalized spacial score (nSPS) is 15.8. The molecule has 228 valence electrons. The second-order valence-electron chi connectivity index (χ2n) is 10.5. The summed E-state index contributed by atoms with van der Waals surface area (Å²) in [6, 6.07) is 19.6. The molecule has 1 aromatic heterocycles. The molecule has 9 nitrogen and oxygen atoms in total. The number of aromatic nitrogens is 1. The van der Waals surface area contributed by atoms with Crippen molar-refractivity contribution >= 4 is 40.3 Å². The van der Waals surface area contributed by atoms with E-state index in [1.807, 2.05) is 36.4 Å². The number of hydrogen-bond acceptors (Lipinski definition) is 8. The number of nitrogens with zero attached hydrogens (tertiary/aromatic N) is 5. The molecule has 10 heteroatoms. The molecule has 0 radical (unpaired) electrons. The van der Waals surface area contributed by atoms with Gasteiger partial charge in [0, 0.05) is 36.7 Å². The fourth-order valence-electron chi connectivity index (χ4n) is 4.95. The first-order valence-corrected chi connectivity index (χ1v) is 15.6. The molecule has 3 aromatic rings. The molecular weight excluding hydrogens is 574 g/mol. The number of carbonyl (C=O) groups is 3. The van der Waals surface area contributed by atoms with Crippen LogP contribution in [0.3, 0.4) is 0 Å². The number of amides is 3. The third-order valence-electron chi connectivity index (χ3n) is 7.38. The molecule has 3 amide bonds. The molecule has 2 heterocycles. The number of hydrogen-bond donors (Lipinski definition) is 1. The number of imide groups is 1. The Labute approximate surface area is 262 Å². The van der Waals surface area contributed by atoms with Gasteiger partial charge in [0.05, 0.1) is 22.2 Å². The lowest BCUT2D eigenvalue weighted by Crippen LogP contribution is -2.59. The molecule has 1 unspecified atom stereocenters. The summed E-state index contributed by atoms with van der Waals surface area (Å²) in [5, 5.41) is 23.3. The van der Waals surface area contributed by atoms with Crippen molar-refractivity contribution < 1.29 is 19.5 Å². The van der Waals surface area contributed by atoms with Crippen molar-refractivity contribution in [1.82, 2.24) is 15.0 Å². The van der Waals surface area contributed by atoms with E-state index < -0.39 is 23.9 Å². The molecule has 1 aliphatic rings. The average molecular weight is 612 g/mol. The predicted octanol–water partition coefficient (Wildman–Crippen LogP) is 6.20. The number of thiazole rings is 1. The van der Waals surface area contributed by atoms with Crippen molar-refractivity contribution in [2.24, 2.45) is 0 Å². The molecule has 0 saturated heterocycles. The first kappa shape index (κ1) is 32.3. The number of anilines is 1. The van der Waals surface area contributed by atoms with Crippen molar-refractivity contribution in [1.29, 1.82) is 5.26 Å². The molecule has 0 bridgehead atoms. The Balaban J connectivity index is 1.88. The van der Waals surface area contributed by atoms with Gasteiger partial charge in [0.15, 0.2) is 11.4 Å². The fraction of sp³-hybridized carbons (Fsp3) is 0.324. The monoisotopic (exact) mass is 611 g/mol. The van der Waals surface area contributed by atoms with Gasteiger partial charge < -0.3 is 10.0 Å². The number of unbranched alkanes of at least 4 members (excludes halogenated alkanes) is 2. The van der Waals surface area contributed by atoms with E-state index in [0.29, 0.717) is 20.6 Å². The maximum atomic E-state index is 14.1. The van der Waals surface area contributed by atoms with Gasteiger partial charge in [-0.05, 0) is 43.5 Å². The first-order valence-electron chi connectivity index (χ1n) is 14.8. The highest BCUT2D eigenvalue weighted by atomic mass is 32.1. The standard InChI is InChI=1S/C34H37N5O4S/c1-5-7-19-37(20-8-6-2)34-36-30(25-15-11-9-12-16-25)29(44-34)21-27-23(3)28(22-35)33(43)39(32(27)42)38(24(4)40)31(41)26-17-13-10-14-18-26/h9-18,21,33,43H,5-8,19-20H2,1-4H3/b27-21-. The SMILES string of the molecule is CCCCN(CCCC)c1nc(-c2ccccc2)c(/C=C2\C(=O)N(N(C(C)=O)C(=O)c3ccccc3)C(O)C(C#N)=C2C)s1. The van der Waals surface area contributed by atoms with Crippen LogP contribution in [0.4, 0.5) is 5.13 Å². The maximum Gasteiger partial charge on any atom is 0.279 e. The highest BCUT2D eigenvalue weighted by Crippen LogP contribution is 2.38. The molecule has 0 saturated carbocycles. The summed E-state index contributed by atoms with van der Waals surface area (Å²) in [6.45, 7) is 8.70. The van der Waals surface area contributed by atoms with Crippen LogP contribution in [0.15, 0.2) is 77.4 Å². The lowest BCUT2D eigenvalue weighted by molar-refractivity contribution is -0.169. The van der Waals surface area contributed by atoms with E-state index in [-0.39, 0.29) is 22.3 Å². The van der Waals surface area contributed by atoms with Gasteiger partial charge in [0.25, 0.3) is 11.8 Å². The van der Waals surface area contributed by atoms with Crippen molar-refractivity contribution in [3.63, 3.8) is 0 Å². The van der Waals surface area contributed by atoms with Crippen LogP contribution < -0.4 is 4.90 Å². The molecule has 0 aliphatic carbocycles. The average Bonchev–Trinajstić information content (AvgIpc) is 3.45. The summed E-state index contributed by atoms with van der Waals surface area (Å²) in [7, 11) is 0. The van der Waals surface area contributed by atoms with Crippen molar-refractivity contribution in [2.45, 2.75) is 59.6 Å². The third kappa shape index (κ3) is 6.80. The Morgan fingerprint density at radius 2 is 1.64 bits per heavy atom. The number of aliphatic hydroxyl groups excluding tert-OH is 1. The van der Waals surface area contributed by atoms with Crippen LogP contribution in [0.25, 0.3) is 17.3 Å². The molecule has 0 spiro atoms. The van der Waals surface area contributed by atoms with Crippen molar-refractivity contribution in [3.05, 3.63) is 87.8 Å². The summed E-state index contributed by atoms with van der Waals surface area (Å²) in [5.74, 6) is -2.36. The van der Waals surface area contributed by atoms with Gasteiger partial charge in [-0.2, -0.15) is 10.3 Å². The Hall–Kier alpha value is -4.59. The van der Waals surface area contributed by atoms with Crippen molar-refractivity contribution in [3.8, 4) is 17.3 Å². The lowest BCUT2D eigenvalue weighted by Gasteiger charge is -2.39. The molecule has 0 fully saturated rings. The molecule has 2 aromatic carbocycles. The van der Waals surface area contributed by atoms with Crippen LogP contribution in [0.5, 0.6) is 0 Å². The zero-order chi connectivity index (χ0) is 31.8. The van der Waals surface area contributed by atoms with Gasteiger partial charge in [-0.1, -0.05) is 86.6 Å². The second-order valence-corrected chi connectivity index (χ2v) is 11.5. The quantitative estimate of drug-likeness (QED) is 0.256. The summed E-state index contributed by atoms with van der Waals surface area (Å²) >= 11 is 1.44. The van der Waals surface area contributed by atoms with Gasteiger partial charge >= 0.3 is 0 Å². The van der Waals surface area contributed by atoms with Gasteiger partial charge in [0.2, 0.25) is 5.91 Å². The lowest BCUT2D eigenvalue weighted by atomic mass is 9.94. The second kappa shape index (κ2) is 14.7. The largest absolute Gasteiger partial charge is 0.367 e. The molecule has 4 rings (SSSR count). The van der Waals surface area contributed by atoms with E-state index in [9.17, 15) is 24.8 Å². The van der Waals surface area contributed by atoms with E-state index >= 15 is 0 Å². The summed E-state index contributed by atoms with van der Waals surface area (Å²) in [6.07, 6.45) is 3.92. The molecular formula is C34H37N5O4S. The number of benzene rings is 2. The first-order chi connectivity index (χ1) is 21.2. The Bertz CT molecular complexity index is 1600. The highest BCUT2D eigenvalue weighted by Gasteiger charge is 2.43. The topological polar surface area (TPSA) is 118 Å². The van der Waals surface area contributed by atoms with E-state index in [4.69, 9.17) is 4.98 Å². The van der Waals surface area contributed by atoms with E-state index in [1.54, 1.807) is 31.2 Å². The molecule has 1 atom stereocenters. The minimum absolute atomic E-state index is 0.0833. The molecule has 1 aliphatic heterocycles. The summed E-state index contributed by atoms with van der Waals surface area (Å²) < 4.78 is 0. The Morgan fingerprint density at radius 3 is 2.18 bits per heavy atom. The summed E-state index contributed by atoms with van der Waals surface area (Å²) in [4.78, 5) is 48.5. The van der Waals surface area contributed by atoms with Crippen LogP contribution in [0.1, 0.15) is 68.6 Å². The fourth-order valence-corrected chi connectivity index (χ4v) is 6.03. The van der Waals surface area contributed by atoms with Gasteiger partial charge in [0.1, 0.15) is 0 Å². The van der Waals surface area contributed by atoms with Crippen LogP contribution >= 0.6 is 11.3 Å². The Kier molecular flexibility index (Phi) is 10.8. The van der Waals surface area contributed by atoms with Crippen LogP contribution in [-0.4, -0.2) is 57.1 Å². The molecule has 1 N–H and O–H groups in total. The van der Waals surface area contributed by atoms with Crippen LogP contribution in [-0.2, 0) is 9.59 Å². The zero-order valence-corrected chi connectivity index (χ0v) is 26.3. The van der Waals surface area contributed by atoms with Crippen LogP contribution in [0, 0.1) is 11.3 Å². The van der Waals surface area contributed by atoms with E-state index in [1.165, 1.54) is 23.5 Å². The van der Waals surface area contributed by atoms with Gasteiger partial charge in [-0.25, -0.2) is 9.99 Å². The third-order valence-corrected chi connectivity index (χ3v) is 8.45. The Morgan fingerprint density at radius 1 is 1.05 bits per heavy atom. The van der Waals surface area contributed by atoms with Gasteiger partial charge in [-0.3, -0.25) is 14.4 Å². The summed E-state index contributed by atoms with van der Waals surface area (Å²) in [5.41, 5.74) is 1.90. The zero-order valence-electron chi connectivity index (χ0n) is 25.5.